The van der Waals surface area contributed by atoms with Crippen molar-refractivity contribution in [2.45, 2.75) is 39.7 Å². The molecule has 1 rings (SSSR count). The number of pyridine rings is 1. The molecule has 3 heteroatoms. The van der Waals surface area contributed by atoms with Crippen molar-refractivity contribution in [1.29, 1.82) is 0 Å². The van der Waals surface area contributed by atoms with Crippen LogP contribution in [-0.4, -0.2) is 11.0 Å². The molecule has 0 aromatic carbocycles. The molecule has 0 spiro atoms. The number of hydrogen-bond donors (Lipinski definition) is 0. The zero-order chi connectivity index (χ0) is 12.5. The largest absolute Gasteiger partial charge is 0.456 e. The van der Waals surface area contributed by atoms with Gasteiger partial charge in [-0.25, -0.2) is 4.79 Å². The van der Waals surface area contributed by atoms with E-state index in [-0.39, 0.29) is 12.6 Å². The summed E-state index contributed by atoms with van der Waals surface area (Å²) in [5, 5.41) is 0. The predicted molar refractivity (Wildman–Crippen MR) is 67.3 cm³/mol. The van der Waals surface area contributed by atoms with Crippen LogP contribution in [0, 0.1) is 0 Å². The van der Waals surface area contributed by atoms with Crippen LogP contribution in [0.15, 0.2) is 36.0 Å². The number of esters is 1. The van der Waals surface area contributed by atoms with Gasteiger partial charge >= 0.3 is 5.97 Å². The number of aromatic nitrogens is 1. The lowest BCUT2D eigenvalue weighted by Gasteiger charge is -2.07. The molecule has 1 aromatic rings. The van der Waals surface area contributed by atoms with Crippen LogP contribution in [0.2, 0.25) is 0 Å². The molecule has 0 saturated heterocycles. The Morgan fingerprint density at radius 3 is 2.82 bits per heavy atom. The number of rotatable bonds is 6. The van der Waals surface area contributed by atoms with Crippen molar-refractivity contribution in [2.75, 3.05) is 0 Å². The summed E-state index contributed by atoms with van der Waals surface area (Å²) in [6.07, 6.45) is 6.20. The van der Waals surface area contributed by atoms with Crippen molar-refractivity contribution in [3.63, 3.8) is 0 Å². The first-order valence-corrected chi connectivity index (χ1v) is 6.04. The van der Waals surface area contributed by atoms with Gasteiger partial charge in [-0.15, -0.1) is 0 Å². The molecule has 17 heavy (non-hydrogen) atoms. The molecule has 0 fully saturated rings. The highest BCUT2D eigenvalue weighted by atomic mass is 16.5. The molecule has 3 nitrogen and oxygen atoms in total. The third-order valence-corrected chi connectivity index (χ3v) is 2.31. The van der Waals surface area contributed by atoms with E-state index in [4.69, 9.17) is 4.74 Å². The van der Waals surface area contributed by atoms with Gasteiger partial charge in [0.05, 0.1) is 5.69 Å². The van der Waals surface area contributed by atoms with Crippen LogP contribution in [0.3, 0.4) is 0 Å². The minimum absolute atomic E-state index is 0.223. The van der Waals surface area contributed by atoms with Crippen LogP contribution in [0.5, 0.6) is 0 Å². The van der Waals surface area contributed by atoms with E-state index in [0.29, 0.717) is 0 Å². The maximum absolute atomic E-state index is 11.8. The Labute approximate surface area is 103 Å². The Morgan fingerprint density at radius 1 is 1.41 bits per heavy atom. The molecule has 92 valence electrons. The maximum atomic E-state index is 11.8. The van der Waals surface area contributed by atoms with E-state index in [9.17, 15) is 4.79 Å². The number of allylic oxidation sites excluding steroid dienone is 1. The van der Waals surface area contributed by atoms with Crippen LogP contribution in [0.25, 0.3) is 0 Å². The second-order valence-electron chi connectivity index (χ2n) is 3.78. The zero-order valence-electron chi connectivity index (χ0n) is 10.5. The van der Waals surface area contributed by atoms with Crippen molar-refractivity contribution >= 4 is 5.97 Å². The fourth-order valence-corrected chi connectivity index (χ4v) is 1.52. The van der Waals surface area contributed by atoms with Crippen LogP contribution >= 0.6 is 0 Å². The summed E-state index contributed by atoms with van der Waals surface area (Å²) in [5.74, 6) is -0.223. The maximum Gasteiger partial charge on any atom is 0.334 e. The Bertz CT molecular complexity index is 371. The van der Waals surface area contributed by atoms with Gasteiger partial charge in [-0.1, -0.05) is 32.4 Å². The van der Waals surface area contributed by atoms with E-state index < -0.39 is 0 Å². The van der Waals surface area contributed by atoms with Crippen molar-refractivity contribution in [3.8, 4) is 0 Å². The van der Waals surface area contributed by atoms with E-state index in [1.807, 2.05) is 31.2 Å². The third kappa shape index (κ3) is 4.81. The van der Waals surface area contributed by atoms with Gasteiger partial charge in [-0.2, -0.15) is 0 Å². The molecule has 1 heterocycles. The lowest BCUT2D eigenvalue weighted by molar-refractivity contribution is -0.140. The molecule has 0 aliphatic carbocycles. The monoisotopic (exact) mass is 233 g/mol. The van der Waals surface area contributed by atoms with Gasteiger partial charge < -0.3 is 4.74 Å². The standard InChI is InChI=1S/C14H19NO2/c1-3-7-12(8-4-2)14(16)17-11-13-9-5-6-10-15-13/h5-7,9-10H,3-4,8,11H2,1-2H3/b12-7+. The lowest BCUT2D eigenvalue weighted by atomic mass is 10.1. The molecule has 0 N–H and O–H groups in total. The first-order valence-electron chi connectivity index (χ1n) is 6.04. The average molecular weight is 233 g/mol. The second kappa shape index (κ2) is 7.60. The van der Waals surface area contributed by atoms with Crippen LogP contribution < -0.4 is 0 Å². The van der Waals surface area contributed by atoms with Gasteiger partial charge in [-0.05, 0) is 25.0 Å². The van der Waals surface area contributed by atoms with Crippen LogP contribution in [0.1, 0.15) is 38.8 Å². The van der Waals surface area contributed by atoms with Gasteiger partial charge in [0.15, 0.2) is 0 Å². The molecule has 0 aliphatic heterocycles. The minimum Gasteiger partial charge on any atom is -0.456 e. The Balaban J connectivity index is 2.50. The quantitative estimate of drug-likeness (QED) is 0.559. The zero-order valence-corrected chi connectivity index (χ0v) is 10.5. The van der Waals surface area contributed by atoms with Crippen molar-refractivity contribution in [1.82, 2.24) is 4.98 Å². The van der Waals surface area contributed by atoms with Gasteiger partial charge in [0.1, 0.15) is 6.61 Å². The van der Waals surface area contributed by atoms with E-state index in [1.165, 1.54) is 0 Å². The van der Waals surface area contributed by atoms with Gasteiger partial charge in [0.25, 0.3) is 0 Å². The normalized spacial score (nSPS) is 11.3. The summed E-state index contributed by atoms with van der Waals surface area (Å²) in [6.45, 7) is 4.31. The van der Waals surface area contributed by atoms with Gasteiger partial charge in [0, 0.05) is 11.8 Å². The summed E-state index contributed by atoms with van der Waals surface area (Å²) >= 11 is 0. The van der Waals surface area contributed by atoms with Crippen LogP contribution in [0.4, 0.5) is 0 Å². The number of carbonyl (C=O) groups is 1. The molecular weight excluding hydrogens is 214 g/mol. The molecule has 0 radical (unpaired) electrons. The second-order valence-corrected chi connectivity index (χ2v) is 3.78. The highest BCUT2D eigenvalue weighted by Crippen LogP contribution is 2.09. The third-order valence-electron chi connectivity index (χ3n) is 2.31. The molecule has 0 unspecified atom stereocenters. The molecule has 1 aromatic heterocycles. The van der Waals surface area contributed by atoms with E-state index in [0.717, 1.165) is 30.5 Å². The highest BCUT2D eigenvalue weighted by Gasteiger charge is 2.09. The number of hydrogen-bond acceptors (Lipinski definition) is 3. The fraction of sp³-hybridized carbons (Fsp3) is 0.429. The summed E-state index contributed by atoms with van der Waals surface area (Å²) in [7, 11) is 0. The Hall–Kier alpha value is -1.64. The Kier molecular flexibility index (Phi) is 6.00. The topological polar surface area (TPSA) is 39.2 Å². The van der Waals surface area contributed by atoms with Crippen molar-refractivity contribution in [2.24, 2.45) is 0 Å². The average Bonchev–Trinajstić information content (AvgIpc) is 2.37. The van der Waals surface area contributed by atoms with E-state index in [1.54, 1.807) is 6.20 Å². The fourth-order valence-electron chi connectivity index (χ4n) is 1.52. The molecular formula is C14H19NO2. The molecule has 0 atom stereocenters. The van der Waals surface area contributed by atoms with Gasteiger partial charge in [0.2, 0.25) is 0 Å². The van der Waals surface area contributed by atoms with E-state index in [2.05, 4.69) is 11.9 Å². The summed E-state index contributed by atoms with van der Waals surface area (Å²) in [4.78, 5) is 15.9. The summed E-state index contributed by atoms with van der Waals surface area (Å²) in [6, 6.07) is 5.56. The van der Waals surface area contributed by atoms with Crippen molar-refractivity contribution in [3.05, 3.63) is 41.7 Å². The van der Waals surface area contributed by atoms with Crippen molar-refractivity contribution < 1.29 is 9.53 Å². The minimum atomic E-state index is -0.223. The SMILES string of the molecule is CC/C=C(\CCC)C(=O)OCc1ccccn1. The molecule has 0 amide bonds. The summed E-state index contributed by atoms with van der Waals surface area (Å²) in [5.41, 5.74) is 1.54. The number of ether oxygens (including phenoxy) is 1. The lowest BCUT2D eigenvalue weighted by Crippen LogP contribution is -2.08. The molecule has 0 saturated carbocycles. The van der Waals surface area contributed by atoms with Gasteiger partial charge in [-0.3, -0.25) is 4.98 Å². The van der Waals surface area contributed by atoms with E-state index >= 15 is 0 Å². The number of nitrogens with zero attached hydrogens (tertiary/aromatic N) is 1. The smallest absolute Gasteiger partial charge is 0.334 e. The first-order chi connectivity index (χ1) is 8.27. The first kappa shape index (κ1) is 13.4. The molecule has 0 bridgehead atoms. The summed E-state index contributed by atoms with van der Waals surface area (Å²) < 4.78 is 5.23. The highest BCUT2D eigenvalue weighted by molar-refractivity contribution is 5.88. The number of carbonyl (C=O) groups excluding carboxylic acids is 1. The Morgan fingerprint density at radius 2 is 2.24 bits per heavy atom. The van der Waals surface area contributed by atoms with Crippen LogP contribution in [-0.2, 0) is 16.1 Å². The predicted octanol–water partition coefficient (Wildman–Crippen LogP) is 3.26. The molecule has 0 aliphatic rings.